The molecule has 3 amide bonds. The van der Waals surface area contributed by atoms with Gasteiger partial charge in [0, 0.05) is 25.9 Å². The van der Waals surface area contributed by atoms with E-state index in [2.05, 4.69) is 63.4 Å². The normalized spacial score (nSPS) is 20.9. The number of nitrogens with one attached hydrogen (secondary N) is 3. The standard InChI is InChI=1S/C14H22N2O6S.C9H14N2O4S.CH4.I3/c1-14(2,3)21-13(20)16-22-12(19)15-6-5-8-9(17)7-10(23-4)11(8)18;1-16-7-4-6(12)5(8(7)13)2-3-11-9(14)15-10;;1-3-2/h8,10H,5-7H2,1-4H3,(H,15,19)(H,16,20);5,7H,2-4,10H2,1H3,(H,11,14);1H4;/q;;;-1/p+2. The molecule has 250 valence electrons. The van der Waals surface area contributed by atoms with Crippen LogP contribution in [0.4, 0.5) is 14.4 Å². The van der Waals surface area contributed by atoms with Crippen LogP contribution in [0.3, 0.4) is 0 Å². The van der Waals surface area contributed by atoms with Crippen molar-refractivity contribution in [1.82, 2.24) is 16.1 Å². The summed E-state index contributed by atoms with van der Waals surface area (Å²) in [6.45, 7) is 5.32. The minimum atomic E-state index is -0.893. The van der Waals surface area contributed by atoms with Crippen molar-refractivity contribution in [2.45, 2.75) is 70.0 Å². The fourth-order valence-corrected chi connectivity index (χ4v) is 5.18. The molecular weight excluding hydrogens is 949 g/mol. The van der Waals surface area contributed by atoms with E-state index in [4.69, 9.17) is 4.74 Å². The van der Waals surface area contributed by atoms with E-state index in [1.54, 1.807) is 27.0 Å². The van der Waals surface area contributed by atoms with Crippen LogP contribution in [0, 0.1) is 11.8 Å². The molecule has 0 bridgehead atoms. The van der Waals surface area contributed by atoms with Crippen LogP contribution >= 0.6 is 60.8 Å². The summed E-state index contributed by atoms with van der Waals surface area (Å²) in [5, 5.41) is 4.19. The summed E-state index contributed by atoms with van der Waals surface area (Å²) in [5.74, 6) is 3.07. The van der Waals surface area contributed by atoms with Gasteiger partial charge >= 0.3 is 71.6 Å². The first kappa shape index (κ1) is 44.5. The molecule has 0 aromatic carbocycles. The minimum absolute atomic E-state index is 0. The molecule has 0 aliphatic heterocycles. The molecule has 0 radical (unpaired) electrons. The van der Waals surface area contributed by atoms with Gasteiger partial charge < -0.3 is 25.0 Å². The quantitative estimate of drug-likeness (QED) is 0.152. The molecule has 2 aliphatic carbocycles. The number of halogens is 3. The Kier molecular flexibility index (Phi) is 24.5. The topological polar surface area (TPSA) is 209 Å². The van der Waals surface area contributed by atoms with E-state index in [0.717, 1.165) is 0 Å². The summed E-state index contributed by atoms with van der Waals surface area (Å²) in [7, 11) is 0. The summed E-state index contributed by atoms with van der Waals surface area (Å²) in [5.41, 5.74) is 1.13. The number of ketones is 4. The Hall–Kier alpha value is -0.660. The number of carbonyl (C=O) groups excluding carboxylic acids is 7. The van der Waals surface area contributed by atoms with Crippen molar-refractivity contribution in [2.24, 2.45) is 17.7 Å². The number of hydroxylamine groups is 1. The summed E-state index contributed by atoms with van der Waals surface area (Å²) in [6, 6.07) is 0. The first-order chi connectivity index (χ1) is 19.6. The molecule has 2 aliphatic rings. The largest absolute Gasteiger partial charge is 1.00 e. The van der Waals surface area contributed by atoms with E-state index in [0.29, 0.717) is 26.1 Å². The van der Waals surface area contributed by atoms with E-state index >= 15 is 0 Å². The molecule has 14 nitrogen and oxygen atoms in total. The third kappa shape index (κ3) is 18.2. The summed E-state index contributed by atoms with van der Waals surface area (Å²) in [4.78, 5) is 88.5. The Bertz CT molecular complexity index is 984. The molecule has 2 fully saturated rings. The average Bonchev–Trinajstić information content (AvgIpc) is 3.35. The van der Waals surface area contributed by atoms with Gasteiger partial charge in [-0.15, -0.1) is 5.48 Å². The summed E-state index contributed by atoms with van der Waals surface area (Å²) < 4.78 is 4.88. The van der Waals surface area contributed by atoms with Crippen LogP contribution in [0.1, 0.15) is 56.7 Å². The third-order valence-electron chi connectivity index (χ3n) is 5.58. The van der Waals surface area contributed by atoms with Crippen LogP contribution in [0.25, 0.3) is 0 Å². The number of ether oxygens (including phenoxy) is 1. The second-order valence-electron chi connectivity index (χ2n) is 9.58. The zero-order valence-electron chi connectivity index (χ0n) is 25.7. The molecule has 0 saturated heterocycles. The maximum Gasteiger partial charge on any atom is 1.00 e. The minimum Gasteiger partial charge on any atom is 1.00 e. The Balaban J connectivity index is -0.000000337. The van der Waals surface area contributed by atoms with Gasteiger partial charge in [0.25, 0.3) is 0 Å². The van der Waals surface area contributed by atoms with Gasteiger partial charge in [-0.05, 0) is 46.1 Å². The first-order valence-corrected chi connectivity index (χ1v) is 27.4. The molecular formula is C24H42I3N4O10S2+. The molecule has 4 unspecified atom stereocenters. The first-order valence-electron chi connectivity index (χ1n) is 12.3. The van der Waals surface area contributed by atoms with Gasteiger partial charge in [0.1, 0.15) is 17.2 Å². The van der Waals surface area contributed by atoms with Crippen molar-refractivity contribution < 1.29 is 64.1 Å². The number of thioether (sulfide) groups is 2. The van der Waals surface area contributed by atoms with E-state index in [1.807, 2.05) is 11.7 Å². The predicted molar refractivity (Wildman–Crippen MR) is 180 cm³/mol. The molecule has 19 heteroatoms. The van der Waals surface area contributed by atoms with Crippen LogP contribution in [0.15, 0.2) is 0 Å². The number of rotatable bonds is 8. The third-order valence-corrected chi connectivity index (χ3v) is 7.51. The molecule has 2 rings (SSSR count). The van der Waals surface area contributed by atoms with Gasteiger partial charge in [-0.1, -0.05) is 7.43 Å². The molecule has 0 spiro atoms. The maximum absolute atomic E-state index is 11.9. The molecule has 43 heavy (non-hydrogen) atoms. The summed E-state index contributed by atoms with van der Waals surface area (Å²) in [6.07, 6.45) is 2.12. The number of nitrogens with two attached hydrogens (primary N) is 1. The average molecular weight is 991 g/mol. The van der Waals surface area contributed by atoms with Crippen LogP contribution in [0.2, 0.25) is 0 Å². The van der Waals surface area contributed by atoms with Gasteiger partial charge in [0.2, 0.25) is 0 Å². The fourth-order valence-electron chi connectivity index (χ4n) is 3.72. The molecule has 0 heterocycles. The Morgan fingerprint density at radius 1 is 0.884 bits per heavy atom. The van der Waals surface area contributed by atoms with E-state index in [1.165, 1.54) is 23.5 Å². The summed E-state index contributed by atoms with van der Waals surface area (Å²) >= 11 is 8.05. The molecule has 4 atom stereocenters. The van der Waals surface area contributed by atoms with Crippen LogP contribution in [-0.4, -0.2) is 83.1 Å². The second kappa shape index (κ2) is 23.6. The van der Waals surface area contributed by atoms with E-state index in [9.17, 15) is 33.6 Å². The molecule has 0 aromatic heterocycles. The number of Topliss-reactive ketones (excluding diaryl/α,β-unsaturated/α-hetero) is 4. The SMILES string of the molecule is C.CSC1CC(=O)C(CCNC(=O)ON)C1=O.CSC1CC(=O)C(CCNC(=O)ONC(=O)OC(C)(C)C)C1=O.I[I-]I.[H+].[H+]. The molecule has 0 aromatic rings. The van der Waals surface area contributed by atoms with Crippen LogP contribution in [0.5, 0.6) is 0 Å². The molecule has 5 N–H and O–H groups in total. The Morgan fingerprint density at radius 3 is 1.60 bits per heavy atom. The van der Waals surface area contributed by atoms with Crippen molar-refractivity contribution in [3.05, 3.63) is 0 Å². The monoisotopic (exact) mass is 991 g/mol. The maximum atomic E-state index is 11.9. The van der Waals surface area contributed by atoms with Crippen molar-refractivity contribution in [2.75, 3.05) is 25.6 Å². The van der Waals surface area contributed by atoms with Crippen LogP contribution in [-0.2, 0) is 33.6 Å². The molecule has 2 saturated carbocycles. The zero-order chi connectivity index (χ0) is 32.5. The van der Waals surface area contributed by atoms with Crippen molar-refractivity contribution in [3.63, 3.8) is 0 Å². The number of hydrogen-bond donors (Lipinski definition) is 4. The van der Waals surface area contributed by atoms with Crippen molar-refractivity contribution >= 4 is 102 Å². The fraction of sp³-hybridized carbons (Fsp3) is 0.708. The van der Waals surface area contributed by atoms with Crippen LogP contribution < -0.4 is 35.3 Å². The number of carbonyl (C=O) groups is 7. The number of hydrogen-bond acceptors (Lipinski definition) is 13. The van der Waals surface area contributed by atoms with E-state index < -0.39 is 35.7 Å². The Labute approximate surface area is 293 Å². The predicted octanol–water partition coefficient (Wildman–Crippen LogP) is 0.935. The van der Waals surface area contributed by atoms with E-state index in [-0.39, 0.29) is 69.8 Å². The van der Waals surface area contributed by atoms with Gasteiger partial charge in [-0.2, -0.15) is 29.4 Å². The van der Waals surface area contributed by atoms with Crippen molar-refractivity contribution in [3.8, 4) is 0 Å². The Morgan fingerprint density at radius 2 is 1.28 bits per heavy atom. The van der Waals surface area contributed by atoms with Gasteiger partial charge in [0.05, 0.1) is 22.3 Å². The van der Waals surface area contributed by atoms with Gasteiger partial charge in [0.15, 0.2) is 11.6 Å². The zero-order valence-corrected chi connectivity index (χ0v) is 31.8. The number of amides is 3. The van der Waals surface area contributed by atoms with Gasteiger partial charge in [-0.3, -0.25) is 19.2 Å². The smallest absolute Gasteiger partial charge is 1.00 e. The van der Waals surface area contributed by atoms with Crippen molar-refractivity contribution in [1.29, 1.82) is 0 Å². The second-order valence-corrected chi connectivity index (χ2v) is 27.9. The van der Waals surface area contributed by atoms with Gasteiger partial charge in [-0.25, -0.2) is 14.4 Å².